The van der Waals surface area contributed by atoms with Crippen LogP contribution in [0.25, 0.3) is 0 Å². The van der Waals surface area contributed by atoms with Crippen molar-refractivity contribution in [2.75, 3.05) is 44.7 Å². The highest BCUT2D eigenvalue weighted by Crippen LogP contribution is 2.28. The number of alkyl halides is 3. The fraction of sp³-hybridized carbons (Fsp3) is 0.615. The van der Waals surface area contributed by atoms with Crippen LogP contribution in [0.5, 0.6) is 0 Å². The predicted octanol–water partition coefficient (Wildman–Crippen LogP) is 2.23. The number of nitrogens with zero attached hydrogens (tertiary/aromatic N) is 2. The van der Waals surface area contributed by atoms with Gasteiger partial charge in [0.15, 0.2) is 0 Å². The number of morpholine rings is 1. The Morgan fingerprint density at radius 3 is 2.70 bits per heavy atom. The molecule has 0 saturated carbocycles. The molecule has 0 aliphatic carbocycles. The number of aromatic nitrogens is 1. The van der Waals surface area contributed by atoms with E-state index >= 15 is 0 Å². The van der Waals surface area contributed by atoms with Gasteiger partial charge in [-0.2, -0.15) is 13.2 Å². The second-order valence-electron chi connectivity index (χ2n) is 4.64. The Kier molecular flexibility index (Phi) is 5.19. The van der Waals surface area contributed by atoms with Crippen molar-refractivity contribution in [3.05, 3.63) is 23.9 Å². The van der Waals surface area contributed by atoms with E-state index in [0.29, 0.717) is 6.54 Å². The van der Waals surface area contributed by atoms with Gasteiger partial charge in [-0.3, -0.25) is 4.90 Å². The van der Waals surface area contributed by atoms with Crippen molar-refractivity contribution in [2.45, 2.75) is 12.6 Å². The Hall–Kier alpha value is -1.34. The number of pyridine rings is 1. The maximum Gasteiger partial charge on any atom is 0.433 e. The molecule has 1 aliphatic heterocycles. The first kappa shape index (κ1) is 15.1. The van der Waals surface area contributed by atoms with Crippen LogP contribution in [0.4, 0.5) is 19.0 Å². The molecule has 2 heterocycles. The van der Waals surface area contributed by atoms with Crippen molar-refractivity contribution in [1.29, 1.82) is 0 Å². The Labute approximate surface area is 115 Å². The normalized spacial score (nSPS) is 17.1. The van der Waals surface area contributed by atoms with Crippen molar-refractivity contribution in [1.82, 2.24) is 9.88 Å². The van der Waals surface area contributed by atoms with E-state index in [0.717, 1.165) is 45.3 Å². The highest BCUT2D eigenvalue weighted by Gasteiger charge is 2.32. The van der Waals surface area contributed by atoms with E-state index in [9.17, 15) is 13.2 Å². The van der Waals surface area contributed by atoms with Crippen LogP contribution >= 0.6 is 0 Å². The van der Waals surface area contributed by atoms with Gasteiger partial charge in [0, 0.05) is 19.6 Å². The van der Waals surface area contributed by atoms with Gasteiger partial charge < -0.3 is 10.1 Å². The van der Waals surface area contributed by atoms with Crippen LogP contribution in [-0.4, -0.2) is 49.3 Å². The fourth-order valence-corrected chi connectivity index (χ4v) is 2.03. The van der Waals surface area contributed by atoms with E-state index in [1.54, 1.807) is 6.07 Å². The molecule has 1 N–H and O–H groups in total. The topological polar surface area (TPSA) is 37.4 Å². The van der Waals surface area contributed by atoms with E-state index in [-0.39, 0.29) is 5.82 Å². The summed E-state index contributed by atoms with van der Waals surface area (Å²) in [4.78, 5) is 5.84. The van der Waals surface area contributed by atoms with Gasteiger partial charge in [-0.05, 0) is 25.1 Å². The molecule has 1 fully saturated rings. The summed E-state index contributed by atoms with van der Waals surface area (Å²) in [5, 5.41) is 2.93. The molecule has 112 valence electrons. The van der Waals surface area contributed by atoms with Crippen molar-refractivity contribution in [2.24, 2.45) is 0 Å². The second kappa shape index (κ2) is 6.90. The third-order valence-electron chi connectivity index (χ3n) is 3.10. The Morgan fingerprint density at radius 1 is 1.25 bits per heavy atom. The first-order chi connectivity index (χ1) is 9.55. The molecule has 0 spiro atoms. The van der Waals surface area contributed by atoms with Crippen LogP contribution in [-0.2, 0) is 10.9 Å². The molecule has 0 amide bonds. The maximum atomic E-state index is 12.5. The quantitative estimate of drug-likeness (QED) is 0.844. The van der Waals surface area contributed by atoms with Gasteiger partial charge in [0.2, 0.25) is 0 Å². The minimum absolute atomic E-state index is 0.266. The van der Waals surface area contributed by atoms with E-state index in [1.807, 2.05) is 0 Å². The molecule has 1 aliphatic rings. The number of rotatable bonds is 5. The average molecular weight is 289 g/mol. The van der Waals surface area contributed by atoms with Crippen molar-refractivity contribution < 1.29 is 17.9 Å². The van der Waals surface area contributed by atoms with Crippen LogP contribution < -0.4 is 5.32 Å². The van der Waals surface area contributed by atoms with Crippen molar-refractivity contribution in [3.8, 4) is 0 Å². The molecule has 1 aromatic rings. The third-order valence-corrected chi connectivity index (χ3v) is 3.10. The lowest BCUT2D eigenvalue weighted by Gasteiger charge is -2.26. The van der Waals surface area contributed by atoms with Gasteiger partial charge in [0.25, 0.3) is 0 Å². The zero-order chi connectivity index (χ0) is 14.4. The fourth-order valence-electron chi connectivity index (χ4n) is 2.03. The summed E-state index contributed by atoms with van der Waals surface area (Å²) in [7, 11) is 0. The molecule has 7 heteroatoms. The molecular weight excluding hydrogens is 271 g/mol. The average Bonchev–Trinajstić information content (AvgIpc) is 2.44. The van der Waals surface area contributed by atoms with E-state index in [4.69, 9.17) is 4.74 Å². The first-order valence-electron chi connectivity index (χ1n) is 6.64. The van der Waals surface area contributed by atoms with Gasteiger partial charge in [-0.1, -0.05) is 6.07 Å². The molecule has 4 nitrogen and oxygen atoms in total. The molecular formula is C13H18F3N3O. The Balaban J connectivity index is 1.73. The SMILES string of the molecule is FC(F)(F)c1cccc(NCCCN2CCOCC2)n1. The molecule has 0 radical (unpaired) electrons. The number of nitrogens with one attached hydrogen (secondary N) is 1. The lowest BCUT2D eigenvalue weighted by Crippen LogP contribution is -2.37. The number of hydrogen-bond acceptors (Lipinski definition) is 4. The number of halogens is 3. The van der Waals surface area contributed by atoms with Gasteiger partial charge in [0.05, 0.1) is 13.2 Å². The minimum Gasteiger partial charge on any atom is -0.379 e. The lowest BCUT2D eigenvalue weighted by atomic mass is 10.3. The summed E-state index contributed by atoms with van der Waals surface area (Å²) in [6, 6.07) is 3.88. The number of anilines is 1. The molecule has 0 bridgehead atoms. The summed E-state index contributed by atoms with van der Waals surface area (Å²) in [6.07, 6.45) is -3.54. The van der Waals surface area contributed by atoms with Crippen LogP contribution in [0.3, 0.4) is 0 Å². The third kappa shape index (κ3) is 4.64. The zero-order valence-corrected chi connectivity index (χ0v) is 11.1. The molecule has 0 atom stereocenters. The van der Waals surface area contributed by atoms with Crippen molar-refractivity contribution >= 4 is 5.82 Å². The standard InChI is InChI=1S/C13H18F3N3O/c14-13(15,16)11-3-1-4-12(18-11)17-5-2-6-19-7-9-20-10-8-19/h1,3-4H,2,5-10H2,(H,17,18). The maximum absolute atomic E-state index is 12.5. The summed E-state index contributed by atoms with van der Waals surface area (Å²) in [5.74, 6) is 0.266. The van der Waals surface area contributed by atoms with Gasteiger partial charge in [-0.25, -0.2) is 4.98 Å². The molecule has 2 rings (SSSR count). The summed E-state index contributed by atoms with van der Waals surface area (Å²) in [6.45, 7) is 4.86. The smallest absolute Gasteiger partial charge is 0.379 e. The molecule has 1 aromatic heterocycles. The highest BCUT2D eigenvalue weighted by atomic mass is 19.4. The Bertz CT molecular complexity index is 420. The van der Waals surface area contributed by atoms with Crippen LogP contribution in [0.1, 0.15) is 12.1 Å². The van der Waals surface area contributed by atoms with Crippen LogP contribution in [0, 0.1) is 0 Å². The van der Waals surface area contributed by atoms with Crippen LogP contribution in [0.15, 0.2) is 18.2 Å². The Morgan fingerprint density at radius 2 is 2.00 bits per heavy atom. The first-order valence-corrected chi connectivity index (χ1v) is 6.64. The molecule has 1 saturated heterocycles. The van der Waals surface area contributed by atoms with E-state index in [1.165, 1.54) is 6.07 Å². The summed E-state index contributed by atoms with van der Waals surface area (Å²) >= 11 is 0. The van der Waals surface area contributed by atoms with Crippen molar-refractivity contribution in [3.63, 3.8) is 0 Å². The lowest BCUT2D eigenvalue weighted by molar-refractivity contribution is -0.141. The molecule has 0 aromatic carbocycles. The minimum atomic E-state index is -4.40. The highest BCUT2D eigenvalue weighted by molar-refractivity contribution is 5.35. The molecule has 0 unspecified atom stereocenters. The van der Waals surface area contributed by atoms with E-state index in [2.05, 4.69) is 15.2 Å². The van der Waals surface area contributed by atoms with Gasteiger partial charge in [0.1, 0.15) is 11.5 Å². The number of hydrogen-bond donors (Lipinski definition) is 1. The summed E-state index contributed by atoms with van der Waals surface area (Å²) < 4.78 is 42.7. The monoisotopic (exact) mass is 289 g/mol. The number of ether oxygens (including phenoxy) is 1. The predicted molar refractivity (Wildman–Crippen MR) is 69.6 cm³/mol. The van der Waals surface area contributed by atoms with Gasteiger partial charge in [-0.15, -0.1) is 0 Å². The largest absolute Gasteiger partial charge is 0.433 e. The zero-order valence-electron chi connectivity index (χ0n) is 11.1. The van der Waals surface area contributed by atoms with E-state index < -0.39 is 11.9 Å². The molecule has 20 heavy (non-hydrogen) atoms. The second-order valence-corrected chi connectivity index (χ2v) is 4.64. The summed E-state index contributed by atoms with van der Waals surface area (Å²) in [5.41, 5.74) is -0.865. The van der Waals surface area contributed by atoms with Gasteiger partial charge >= 0.3 is 6.18 Å². The van der Waals surface area contributed by atoms with Crippen LogP contribution in [0.2, 0.25) is 0 Å².